The molecule has 1 aromatic carbocycles. The molecule has 0 radical (unpaired) electrons. The highest BCUT2D eigenvalue weighted by Gasteiger charge is 2.07. The Morgan fingerprint density at radius 1 is 1.12 bits per heavy atom. The van der Waals surface area contributed by atoms with E-state index < -0.39 is 0 Å². The van der Waals surface area contributed by atoms with E-state index in [2.05, 4.69) is 15.9 Å². The van der Waals surface area contributed by atoms with Crippen molar-refractivity contribution in [3.05, 3.63) is 69.1 Å². The van der Waals surface area contributed by atoms with E-state index in [1.54, 1.807) is 36.5 Å². The summed E-state index contributed by atoms with van der Waals surface area (Å²) in [6.07, 6.45) is 1.61. The molecule has 1 aromatic heterocycles. The lowest BCUT2D eigenvalue weighted by Crippen LogP contribution is -2.22. The number of benzene rings is 1. The van der Waals surface area contributed by atoms with Gasteiger partial charge in [-0.25, -0.2) is 0 Å². The van der Waals surface area contributed by atoms with Gasteiger partial charge in [-0.2, -0.15) is 0 Å². The Balaban J connectivity index is 2.25. The Morgan fingerprint density at radius 3 is 2.53 bits per heavy atom. The molecule has 0 bridgehead atoms. The second-order valence-electron chi connectivity index (χ2n) is 3.60. The predicted octanol–water partition coefficient (Wildman–Crippen LogP) is 2.49. The second-order valence-corrected chi connectivity index (χ2v) is 4.52. The van der Waals surface area contributed by atoms with Gasteiger partial charge in [0.1, 0.15) is 0 Å². The molecule has 17 heavy (non-hydrogen) atoms. The monoisotopic (exact) mass is 291 g/mol. The summed E-state index contributed by atoms with van der Waals surface area (Å²) in [6.45, 7) is 0.0578. The Bertz CT molecular complexity index is 590. The van der Waals surface area contributed by atoms with Crippen LogP contribution in [0.25, 0.3) is 0 Å². The molecule has 0 aliphatic rings. The Morgan fingerprint density at radius 2 is 1.82 bits per heavy atom. The van der Waals surface area contributed by atoms with Crippen molar-refractivity contribution in [3.63, 3.8) is 0 Å². The van der Waals surface area contributed by atoms with Gasteiger partial charge in [-0.3, -0.25) is 9.59 Å². The number of rotatable bonds is 3. The summed E-state index contributed by atoms with van der Waals surface area (Å²) in [5, 5.41) is 0. The van der Waals surface area contributed by atoms with Gasteiger partial charge in [0.05, 0.1) is 6.54 Å². The summed E-state index contributed by atoms with van der Waals surface area (Å²) in [7, 11) is 0. The first kappa shape index (κ1) is 11.8. The van der Waals surface area contributed by atoms with E-state index in [1.807, 2.05) is 6.07 Å². The molecular formula is C13H10BrNO2. The number of hydrogen-bond acceptors (Lipinski definition) is 2. The lowest BCUT2D eigenvalue weighted by molar-refractivity contribution is 0.0971. The highest BCUT2D eigenvalue weighted by molar-refractivity contribution is 9.10. The minimum atomic E-state index is -0.183. The lowest BCUT2D eigenvalue weighted by atomic mass is 10.1. The fourth-order valence-electron chi connectivity index (χ4n) is 1.50. The molecular weight excluding hydrogens is 282 g/mol. The Labute approximate surface area is 107 Å². The Kier molecular flexibility index (Phi) is 3.54. The average Bonchev–Trinajstić information content (AvgIpc) is 2.35. The number of aromatic nitrogens is 1. The zero-order valence-electron chi connectivity index (χ0n) is 8.97. The van der Waals surface area contributed by atoms with Crippen molar-refractivity contribution in [3.8, 4) is 0 Å². The molecule has 0 spiro atoms. The molecule has 0 amide bonds. The van der Waals surface area contributed by atoms with E-state index >= 15 is 0 Å². The quantitative estimate of drug-likeness (QED) is 0.815. The van der Waals surface area contributed by atoms with E-state index in [0.717, 1.165) is 4.47 Å². The Hall–Kier alpha value is -1.68. The number of carbonyl (C=O) groups excluding carboxylic acids is 1. The van der Waals surface area contributed by atoms with Crippen LogP contribution in [0.1, 0.15) is 10.4 Å². The van der Waals surface area contributed by atoms with E-state index in [-0.39, 0.29) is 17.9 Å². The van der Waals surface area contributed by atoms with Crippen molar-refractivity contribution in [2.24, 2.45) is 0 Å². The average molecular weight is 292 g/mol. The summed E-state index contributed by atoms with van der Waals surface area (Å²) in [6, 6.07) is 12.0. The van der Waals surface area contributed by atoms with Crippen LogP contribution in [-0.2, 0) is 6.54 Å². The molecule has 2 aromatic rings. The number of nitrogens with zero attached hydrogens (tertiary/aromatic N) is 1. The maximum atomic E-state index is 11.9. The van der Waals surface area contributed by atoms with Crippen molar-refractivity contribution < 1.29 is 4.79 Å². The van der Waals surface area contributed by atoms with Crippen LogP contribution in [0, 0.1) is 0 Å². The smallest absolute Gasteiger partial charge is 0.251 e. The highest BCUT2D eigenvalue weighted by atomic mass is 79.9. The van der Waals surface area contributed by atoms with Crippen LogP contribution in [0.5, 0.6) is 0 Å². The molecule has 0 fully saturated rings. The predicted molar refractivity (Wildman–Crippen MR) is 69.2 cm³/mol. The number of Topliss-reactive ketones (excluding diaryl/α,β-unsaturated/α-hetero) is 1. The molecule has 0 aliphatic heterocycles. The van der Waals surface area contributed by atoms with Crippen LogP contribution in [0.2, 0.25) is 0 Å². The van der Waals surface area contributed by atoms with Crippen molar-refractivity contribution in [1.82, 2.24) is 4.57 Å². The second kappa shape index (κ2) is 5.10. The van der Waals surface area contributed by atoms with Crippen LogP contribution in [0.4, 0.5) is 0 Å². The van der Waals surface area contributed by atoms with Crippen molar-refractivity contribution >= 4 is 21.7 Å². The number of halogens is 1. The largest absolute Gasteiger partial charge is 0.307 e. The highest BCUT2D eigenvalue weighted by Crippen LogP contribution is 2.06. The molecule has 1 heterocycles. The van der Waals surface area contributed by atoms with Crippen molar-refractivity contribution in [2.75, 3.05) is 0 Å². The summed E-state index contributed by atoms with van der Waals surface area (Å²) in [4.78, 5) is 23.4. The fraction of sp³-hybridized carbons (Fsp3) is 0.0769. The van der Waals surface area contributed by atoms with Crippen molar-refractivity contribution in [1.29, 1.82) is 0 Å². The molecule has 2 rings (SSSR count). The van der Waals surface area contributed by atoms with E-state index in [4.69, 9.17) is 0 Å². The SMILES string of the molecule is O=C(Cn1cc(Br)ccc1=O)c1ccccc1. The summed E-state index contributed by atoms with van der Waals surface area (Å²) in [5.41, 5.74) is 0.428. The van der Waals surface area contributed by atoms with Crippen LogP contribution in [0.3, 0.4) is 0 Å². The van der Waals surface area contributed by atoms with Gasteiger partial charge in [0, 0.05) is 22.3 Å². The van der Waals surface area contributed by atoms with E-state index in [9.17, 15) is 9.59 Å². The van der Waals surface area contributed by atoms with Gasteiger partial charge in [0.15, 0.2) is 5.78 Å². The zero-order chi connectivity index (χ0) is 12.3. The van der Waals surface area contributed by atoms with Gasteiger partial charge >= 0.3 is 0 Å². The first-order valence-electron chi connectivity index (χ1n) is 5.11. The molecule has 4 heteroatoms. The normalized spacial score (nSPS) is 10.2. The number of carbonyl (C=O) groups is 1. The molecule has 0 aliphatic carbocycles. The molecule has 3 nitrogen and oxygen atoms in total. The molecule has 0 saturated heterocycles. The number of hydrogen-bond donors (Lipinski definition) is 0. The van der Waals surface area contributed by atoms with Crippen molar-refractivity contribution in [2.45, 2.75) is 6.54 Å². The third-order valence-electron chi connectivity index (χ3n) is 2.36. The molecule has 0 unspecified atom stereocenters. The molecule has 0 atom stereocenters. The van der Waals surface area contributed by atoms with Crippen LogP contribution < -0.4 is 5.56 Å². The molecule has 0 saturated carbocycles. The zero-order valence-corrected chi connectivity index (χ0v) is 10.6. The maximum absolute atomic E-state index is 11.9. The number of ketones is 1. The van der Waals surface area contributed by atoms with E-state index in [1.165, 1.54) is 10.6 Å². The lowest BCUT2D eigenvalue weighted by Gasteiger charge is -2.05. The molecule has 0 N–H and O–H groups in total. The van der Waals surface area contributed by atoms with Crippen LogP contribution in [0.15, 0.2) is 57.9 Å². The summed E-state index contributed by atoms with van der Waals surface area (Å²) in [5.74, 6) is -0.0780. The maximum Gasteiger partial charge on any atom is 0.251 e. The van der Waals surface area contributed by atoms with Crippen LogP contribution in [-0.4, -0.2) is 10.4 Å². The summed E-state index contributed by atoms with van der Waals surface area (Å²) < 4.78 is 2.16. The first-order chi connectivity index (χ1) is 8.16. The van der Waals surface area contributed by atoms with Gasteiger partial charge in [0.25, 0.3) is 5.56 Å². The van der Waals surface area contributed by atoms with Gasteiger partial charge in [-0.15, -0.1) is 0 Å². The minimum Gasteiger partial charge on any atom is -0.307 e. The third-order valence-corrected chi connectivity index (χ3v) is 2.83. The van der Waals surface area contributed by atoms with Crippen LogP contribution >= 0.6 is 15.9 Å². The third kappa shape index (κ3) is 2.91. The molecule has 86 valence electrons. The van der Waals surface area contributed by atoms with Gasteiger partial charge < -0.3 is 4.57 Å². The minimum absolute atomic E-state index is 0.0578. The van der Waals surface area contributed by atoms with Gasteiger partial charge in [-0.1, -0.05) is 30.3 Å². The van der Waals surface area contributed by atoms with Gasteiger partial charge in [-0.05, 0) is 22.0 Å². The summed E-state index contributed by atoms with van der Waals surface area (Å²) >= 11 is 3.27. The number of pyridine rings is 1. The fourth-order valence-corrected chi connectivity index (χ4v) is 1.88. The topological polar surface area (TPSA) is 39.1 Å². The standard InChI is InChI=1S/C13H10BrNO2/c14-11-6-7-13(17)15(8-11)9-12(16)10-4-2-1-3-5-10/h1-8H,9H2. The van der Waals surface area contributed by atoms with Gasteiger partial charge in [0.2, 0.25) is 0 Å². The first-order valence-corrected chi connectivity index (χ1v) is 5.90. The van der Waals surface area contributed by atoms with E-state index in [0.29, 0.717) is 5.56 Å².